The Bertz CT molecular complexity index is 613. The predicted molar refractivity (Wildman–Crippen MR) is 96.1 cm³/mol. The lowest BCUT2D eigenvalue weighted by Crippen LogP contribution is -2.45. The molecule has 26 heavy (non-hydrogen) atoms. The molecule has 2 atom stereocenters. The van der Waals surface area contributed by atoms with Gasteiger partial charge in [-0.2, -0.15) is 5.10 Å². The Morgan fingerprint density at radius 3 is 2.73 bits per heavy atom. The van der Waals surface area contributed by atoms with Gasteiger partial charge in [-0.25, -0.2) is 4.39 Å². The van der Waals surface area contributed by atoms with Crippen LogP contribution in [0.4, 0.5) is 4.39 Å². The number of rotatable bonds is 7. The molecular formula is C19H29FN4O2. The van der Waals surface area contributed by atoms with Crippen LogP contribution in [0.15, 0.2) is 18.5 Å². The van der Waals surface area contributed by atoms with Gasteiger partial charge in [0.15, 0.2) is 0 Å². The molecule has 7 heteroatoms. The van der Waals surface area contributed by atoms with Crippen molar-refractivity contribution in [3.8, 4) is 0 Å². The van der Waals surface area contributed by atoms with Gasteiger partial charge >= 0.3 is 0 Å². The van der Waals surface area contributed by atoms with Crippen molar-refractivity contribution < 1.29 is 14.0 Å². The Morgan fingerprint density at radius 2 is 2.08 bits per heavy atom. The Hall–Kier alpha value is -1.92. The second kappa shape index (κ2) is 8.18. The number of unbranched alkanes of at least 4 members (excludes halogenated alkanes) is 1. The van der Waals surface area contributed by atoms with E-state index >= 15 is 0 Å². The molecule has 1 aliphatic carbocycles. The number of alkyl halides is 1. The summed E-state index contributed by atoms with van der Waals surface area (Å²) >= 11 is 0. The molecule has 2 fully saturated rings. The summed E-state index contributed by atoms with van der Waals surface area (Å²) in [4.78, 5) is 26.9. The van der Waals surface area contributed by atoms with E-state index in [1.807, 2.05) is 0 Å². The van der Waals surface area contributed by atoms with Gasteiger partial charge in [0, 0.05) is 24.4 Å². The van der Waals surface area contributed by atoms with Gasteiger partial charge in [0.25, 0.3) is 0 Å². The van der Waals surface area contributed by atoms with E-state index < -0.39 is 12.2 Å². The van der Waals surface area contributed by atoms with Gasteiger partial charge in [-0.1, -0.05) is 32.6 Å². The van der Waals surface area contributed by atoms with Crippen LogP contribution in [0.25, 0.3) is 0 Å². The topological polar surface area (TPSA) is 67.2 Å². The smallest absolute Gasteiger partial charge is 0.242 e. The molecule has 1 saturated carbocycles. The van der Waals surface area contributed by atoms with Crippen molar-refractivity contribution in [2.75, 3.05) is 13.1 Å². The fourth-order valence-corrected chi connectivity index (χ4v) is 4.33. The van der Waals surface area contributed by atoms with Crippen molar-refractivity contribution in [1.29, 1.82) is 0 Å². The SMILES string of the molecule is CCCCC1(C(=O)N2C[C@@H](F)[C@@H](NC(=O)Cn3cccn3)C2)CCCC1. The van der Waals surface area contributed by atoms with Crippen molar-refractivity contribution in [2.45, 2.75) is 70.6 Å². The average molecular weight is 364 g/mol. The van der Waals surface area contributed by atoms with Gasteiger partial charge in [-0.05, 0) is 25.3 Å². The van der Waals surface area contributed by atoms with Crippen LogP contribution in [0.2, 0.25) is 0 Å². The number of amides is 2. The van der Waals surface area contributed by atoms with E-state index in [0.717, 1.165) is 44.9 Å². The zero-order chi connectivity index (χ0) is 18.6. The minimum atomic E-state index is -1.22. The fourth-order valence-electron chi connectivity index (χ4n) is 4.33. The van der Waals surface area contributed by atoms with Crippen LogP contribution in [0.3, 0.4) is 0 Å². The van der Waals surface area contributed by atoms with Gasteiger partial charge < -0.3 is 10.2 Å². The number of nitrogens with one attached hydrogen (secondary N) is 1. The molecule has 1 aliphatic heterocycles. The molecule has 0 radical (unpaired) electrons. The van der Waals surface area contributed by atoms with E-state index in [2.05, 4.69) is 17.3 Å². The number of nitrogens with zero attached hydrogens (tertiary/aromatic N) is 3. The van der Waals surface area contributed by atoms with E-state index in [4.69, 9.17) is 0 Å². The zero-order valence-electron chi connectivity index (χ0n) is 15.5. The van der Waals surface area contributed by atoms with Gasteiger partial charge in [0.2, 0.25) is 11.8 Å². The lowest BCUT2D eigenvalue weighted by molar-refractivity contribution is -0.141. The van der Waals surface area contributed by atoms with Crippen LogP contribution in [0.1, 0.15) is 51.9 Å². The maximum Gasteiger partial charge on any atom is 0.242 e. The molecule has 3 rings (SSSR count). The number of likely N-dealkylation sites (tertiary alicyclic amines) is 1. The molecule has 0 spiro atoms. The predicted octanol–water partition coefficient (Wildman–Crippen LogP) is 2.30. The minimum Gasteiger partial charge on any atom is -0.347 e. The van der Waals surface area contributed by atoms with Crippen LogP contribution >= 0.6 is 0 Å². The van der Waals surface area contributed by atoms with E-state index in [0.29, 0.717) is 0 Å². The summed E-state index contributed by atoms with van der Waals surface area (Å²) in [6.45, 7) is 2.54. The van der Waals surface area contributed by atoms with Crippen LogP contribution in [-0.2, 0) is 16.1 Å². The van der Waals surface area contributed by atoms with Crippen LogP contribution in [0, 0.1) is 5.41 Å². The van der Waals surface area contributed by atoms with E-state index in [-0.39, 0.29) is 36.9 Å². The first-order valence-electron chi connectivity index (χ1n) is 9.74. The number of carbonyl (C=O) groups is 2. The molecule has 0 unspecified atom stereocenters. The number of halogens is 1. The van der Waals surface area contributed by atoms with Gasteiger partial charge in [0.05, 0.1) is 12.6 Å². The van der Waals surface area contributed by atoms with Crippen LogP contribution in [0.5, 0.6) is 0 Å². The molecule has 2 aliphatic rings. The highest BCUT2D eigenvalue weighted by Crippen LogP contribution is 2.44. The molecule has 1 aromatic heterocycles. The maximum absolute atomic E-state index is 14.5. The molecule has 1 N–H and O–H groups in total. The van der Waals surface area contributed by atoms with E-state index in [9.17, 15) is 14.0 Å². The van der Waals surface area contributed by atoms with Gasteiger partial charge in [0.1, 0.15) is 12.7 Å². The van der Waals surface area contributed by atoms with Crippen LogP contribution < -0.4 is 5.32 Å². The number of hydrogen-bond acceptors (Lipinski definition) is 3. The molecule has 1 aromatic rings. The molecule has 1 saturated heterocycles. The summed E-state index contributed by atoms with van der Waals surface area (Å²) in [6, 6.07) is 1.10. The lowest BCUT2D eigenvalue weighted by Gasteiger charge is -2.32. The second-order valence-electron chi connectivity index (χ2n) is 7.69. The third-order valence-corrected chi connectivity index (χ3v) is 5.77. The zero-order valence-corrected chi connectivity index (χ0v) is 15.5. The minimum absolute atomic E-state index is 0.0601. The van der Waals surface area contributed by atoms with Crippen molar-refractivity contribution >= 4 is 11.8 Å². The highest BCUT2D eigenvalue weighted by molar-refractivity contribution is 5.84. The molecule has 2 heterocycles. The number of aromatic nitrogens is 2. The summed E-state index contributed by atoms with van der Waals surface area (Å²) in [5.41, 5.74) is -0.302. The van der Waals surface area contributed by atoms with E-state index in [1.54, 1.807) is 23.4 Å². The molecule has 0 bridgehead atoms. The number of hydrogen-bond donors (Lipinski definition) is 1. The molecule has 0 aromatic carbocycles. The quantitative estimate of drug-likeness (QED) is 0.807. The maximum atomic E-state index is 14.5. The first-order valence-corrected chi connectivity index (χ1v) is 9.74. The summed E-state index contributed by atoms with van der Waals surface area (Å²) in [7, 11) is 0. The highest BCUT2D eigenvalue weighted by atomic mass is 19.1. The first-order chi connectivity index (χ1) is 12.5. The molecular weight excluding hydrogens is 335 g/mol. The monoisotopic (exact) mass is 364 g/mol. The average Bonchev–Trinajstić information content (AvgIpc) is 3.35. The third kappa shape index (κ3) is 4.07. The number of carbonyl (C=O) groups excluding carboxylic acids is 2. The van der Waals surface area contributed by atoms with Crippen molar-refractivity contribution in [3.63, 3.8) is 0 Å². The molecule has 6 nitrogen and oxygen atoms in total. The van der Waals surface area contributed by atoms with E-state index in [1.165, 1.54) is 4.68 Å². The highest BCUT2D eigenvalue weighted by Gasteiger charge is 2.46. The summed E-state index contributed by atoms with van der Waals surface area (Å²) in [5, 5.41) is 6.71. The second-order valence-corrected chi connectivity index (χ2v) is 7.69. The van der Waals surface area contributed by atoms with Crippen molar-refractivity contribution in [1.82, 2.24) is 20.0 Å². The van der Waals surface area contributed by atoms with Gasteiger partial charge in [-0.3, -0.25) is 14.3 Å². The van der Waals surface area contributed by atoms with Crippen LogP contribution in [-0.4, -0.2) is 51.8 Å². The van der Waals surface area contributed by atoms with Crippen molar-refractivity contribution in [2.24, 2.45) is 5.41 Å². The van der Waals surface area contributed by atoms with Crippen molar-refractivity contribution in [3.05, 3.63) is 18.5 Å². The Labute approximate surface area is 154 Å². The largest absolute Gasteiger partial charge is 0.347 e. The summed E-state index contributed by atoms with van der Waals surface area (Å²) < 4.78 is 16.0. The Balaban J connectivity index is 1.58. The summed E-state index contributed by atoms with van der Waals surface area (Å²) in [5.74, 6) is -0.188. The summed E-state index contributed by atoms with van der Waals surface area (Å²) in [6.07, 6.45) is 9.03. The van der Waals surface area contributed by atoms with Gasteiger partial charge in [-0.15, -0.1) is 0 Å². The lowest BCUT2D eigenvalue weighted by atomic mass is 9.79. The first kappa shape index (κ1) is 18.9. The standard InChI is InChI=1S/C19H29FN4O2/c1-2-3-7-19(8-4-5-9-19)18(26)23-12-15(20)16(13-23)22-17(25)14-24-11-6-10-21-24/h6,10-11,15-16H,2-5,7-9,12-14H2,1H3,(H,22,25)/t15-,16+/m1/s1. The normalized spacial score (nSPS) is 24.8. The fraction of sp³-hybridized carbons (Fsp3) is 0.737. The Kier molecular flexibility index (Phi) is 5.94. The Morgan fingerprint density at radius 1 is 1.31 bits per heavy atom. The molecule has 2 amide bonds. The third-order valence-electron chi connectivity index (χ3n) is 5.77. The molecule has 144 valence electrons.